The molecule has 0 bridgehead atoms. The molecule has 0 aliphatic carbocycles. The minimum atomic E-state index is -0.551. The third-order valence-electron chi connectivity index (χ3n) is 5.23. The van der Waals surface area contributed by atoms with Gasteiger partial charge in [-0.1, -0.05) is 19.1 Å². The standard InChI is InChI=1S/C21H25N9O5/c1-12(2)17-16(24-28-30(17)19-18(22)26-35-27-19)20(31)25-23-13(3)14-4-6-15(7-5-14)34-21(32)29-8-10-33-11-9-29/h4-7,12H,8-11H2,1-3H3,(H2,22,26)(H,25,31). The molecule has 3 N–H and O–H groups in total. The second-order valence-electron chi connectivity index (χ2n) is 7.99. The van der Waals surface area contributed by atoms with Crippen molar-refractivity contribution in [3.63, 3.8) is 0 Å². The minimum Gasteiger partial charge on any atom is -0.410 e. The number of carbonyl (C=O) groups excluding carboxylic acids is 2. The zero-order valence-electron chi connectivity index (χ0n) is 19.5. The van der Waals surface area contributed by atoms with E-state index in [4.69, 9.17) is 15.2 Å². The van der Waals surface area contributed by atoms with Gasteiger partial charge in [0.1, 0.15) is 5.75 Å². The van der Waals surface area contributed by atoms with Crippen LogP contribution < -0.4 is 15.9 Å². The van der Waals surface area contributed by atoms with Crippen molar-refractivity contribution in [2.75, 3.05) is 32.0 Å². The number of carbonyl (C=O) groups is 2. The summed E-state index contributed by atoms with van der Waals surface area (Å²) in [4.78, 5) is 26.6. The molecule has 1 aromatic carbocycles. The summed E-state index contributed by atoms with van der Waals surface area (Å²) in [5.74, 6) is -0.113. The number of nitrogen functional groups attached to an aromatic ring is 1. The first-order valence-electron chi connectivity index (χ1n) is 10.9. The molecule has 1 fully saturated rings. The van der Waals surface area contributed by atoms with Crippen molar-refractivity contribution in [2.45, 2.75) is 26.7 Å². The summed E-state index contributed by atoms with van der Waals surface area (Å²) in [6.45, 7) is 7.47. The summed E-state index contributed by atoms with van der Waals surface area (Å²) in [5, 5.41) is 19.4. The van der Waals surface area contributed by atoms with Crippen LogP contribution in [-0.4, -0.2) is 74.2 Å². The number of amides is 2. The van der Waals surface area contributed by atoms with Gasteiger partial charge in [0.05, 0.1) is 24.6 Å². The summed E-state index contributed by atoms with van der Waals surface area (Å²) in [5.41, 5.74) is 10.1. The largest absolute Gasteiger partial charge is 0.415 e. The van der Waals surface area contributed by atoms with Gasteiger partial charge in [-0.3, -0.25) is 4.79 Å². The van der Waals surface area contributed by atoms with Crippen LogP contribution in [0.15, 0.2) is 34.0 Å². The van der Waals surface area contributed by atoms with Gasteiger partial charge >= 0.3 is 6.09 Å². The molecular formula is C21H25N9O5. The number of ether oxygens (including phenoxy) is 2. The zero-order chi connectivity index (χ0) is 24.9. The van der Waals surface area contributed by atoms with E-state index in [0.29, 0.717) is 43.5 Å². The Balaban J connectivity index is 1.43. The number of hydrogen-bond donors (Lipinski definition) is 2. The Morgan fingerprint density at radius 1 is 1.17 bits per heavy atom. The topological polar surface area (TPSA) is 176 Å². The van der Waals surface area contributed by atoms with E-state index in [1.807, 2.05) is 13.8 Å². The molecule has 3 heterocycles. The van der Waals surface area contributed by atoms with Gasteiger partial charge in [0.15, 0.2) is 5.69 Å². The van der Waals surface area contributed by atoms with Crippen molar-refractivity contribution in [1.82, 2.24) is 35.6 Å². The second-order valence-corrected chi connectivity index (χ2v) is 7.99. The van der Waals surface area contributed by atoms with Crippen LogP contribution >= 0.6 is 0 Å². The molecule has 4 rings (SSSR count). The SMILES string of the molecule is CC(=NNC(=O)c1nnn(-c2nonc2N)c1C(C)C)c1ccc(OC(=O)N2CCOCC2)cc1. The highest BCUT2D eigenvalue weighted by Gasteiger charge is 2.26. The van der Waals surface area contributed by atoms with Crippen molar-refractivity contribution in [1.29, 1.82) is 0 Å². The van der Waals surface area contributed by atoms with Crippen LogP contribution in [-0.2, 0) is 4.74 Å². The number of nitrogens with two attached hydrogens (primary N) is 1. The first kappa shape index (κ1) is 23.8. The average Bonchev–Trinajstić information content (AvgIpc) is 3.49. The van der Waals surface area contributed by atoms with Gasteiger partial charge in [0.2, 0.25) is 11.6 Å². The lowest BCUT2D eigenvalue weighted by atomic mass is 10.1. The predicted molar refractivity (Wildman–Crippen MR) is 122 cm³/mol. The maximum atomic E-state index is 12.8. The number of rotatable bonds is 6. The van der Waals surface area contributed by atoms with E-state index in [0.717, 1.165) is 5.56 Å². The van der Waals surface area contributed by atoms with E-state index in [2.05, 4.69) is 35.8 Å². The first-order chi connectivity index (χ1) is 16.8. The van der Waals surface area contributed by atoms with E-state index in [9.17, 15) is 9.59 Å². The summed E-state index contributed by atoms with van der Waals surface area (Å²) in [7, 11) is 0. The molecule has 1 saturated heterocycles. The van der Waals surface area contributed by atoms with Crippen LogP contribution in [0.25, 0.3) is 5.82 Å². The lowest BCUT2D eigenvalue weighted by Crippen LogP contribution is -2.42. The van der Waals surface area contributed by atoms with E-state index in [1.165, 1.54) is 4.68 Å². The molecule has 35 heavy (non-hydrogen) atoms. The van der Waals surface area contributed by atoms with Crippen LogP contribution in [0.1, 0.15) is 48.4 Å². The number of nitrogens with one attached hydrogen (secondary N) is 1. The Kier molecular flexibility index (Phi) is 7.01. The van der Waals surface area contributed by atoms with E-state index < -0.39 is 12.0 Å². The molecule has 0 saturated carbocycles. The normalized spacial score (nSPS) is 14.3. The molecular weight excluding hydrogens is 458 g/mol. The van der Waals surface area contributed by atoms with Gasteiger partial charge in [-0.25, -0.2) is 14.8 Å². The van der Waals surface area contributed by atoms with Crippen LogP contribution in [0.4, 0.5) is 10.6 Å². The van der Waals surface area contributed by atoms with Gasteiger partial charge in [-0.05, 0) is 53.0 Å². The van der Waals surface area contributed by atoms with Crippen LogP contribution in [0, 0.1) is 0 Å². The minimum absolute atomic E-state index is 0.0247. The van der Waals surface area contributed by atoms with Crippen LogP contribution in [0.5, 0.6) is 5.75 Å². The summed E-state index contributed by atoms with van der Waals surface area (Å²) in [6.07, 6.45) is -0.420. The summed E-state index contributed by atoms with van der Waals surface area (Å²) < 4.78 is 16.6. The Labute approximate surface area is 200 Å². The van der Waals surface area contributed by atoms with E-state index in [1.54, 1.807) is 36.1 Å². The molecule has 2 aromatic heterocycles. The molecule has 1 aliphatic rings. The van der Waals surface area contributed by atoms with Crippen molar-refractivity contribution in [2.24, 2.45) is 5.10 Å². The smallest absolute Gasteiger partial charge is 0.410 e. The lowest BCUT2D eigenvalue weighted by molar-refractivity contribution is 0.0416. The Hall–Kier alpha value is -4.33. The zero-order valence-corrected chi connectivity index (χ0v) is 19.5. The summed E-state index contributed by atoms with van der Waals surface area (Å²) in [6, 6.07) is 6.80. The maximum absolute atomic E-state index is 12.8. The van der Waals surface area contributed by atoms with E-state index in [-0.39, 0.29) is 23.2 Å². The third-order valence-corrected chi connectivity index (χ3v) is 5.23. The number of benzene rings is 1. The Morgan fingerprint density at radius 3 is 2.51 bits per heavy atom. The number of anilines is 1. The quantitative estimate of drug-likeness (QED) is 0.384. The molecule has 0 radical (unpaired) electrons. The molecule has 3 aromatic rings. The van der Waals surface area contributed by atoms with Crippen molar-refractivity contribution in [3.05, 3.63) is 41.2 Å². The fraction of sp³-hybridized carbons (Fsp3) is 0.381. The highest BCUT2D eigenvalue weighted by Crippen LogP contribution is 2.22. The molecule has 0 atom stereocenters. The molecule has 1 aliphatic heterocycles. The third kappa shape index (κ3) is 5.27. The van der Waals surface area contributed by atoms with Gasteiger partial charge < -0.3 is 20.1 Å². The van der Waals surface area contributed by atoms with Gasteiger partial charge in [0.25, 0.3) is 5.91 Å². The first-order valence-corrected chi connectivity index (χ1v) is 10.9. The van der Waals surface area contributed by atoms with Gasteiger partial charge in [0, 0.05) is 13.1 Å². The van der Waals surface area contributed by atoms with Crippen molar-refractivity contribution in [3.8, 4) is 11.6 Å². The lowest BCUT2D eigenvalue weighted by Gasteiger charge is -2.25. The number of morpholine rings is 1. The highest BCUT2D eigenvalue weighted by molar-refractivity contribution is 6.00. The maximum Gasteiger partial charge on any atom is 0.415 e. The van der Waals surface area contributed by atoms with Crippen molar-refractivity contribution >= 4 is 23.5 Å². The number of nitrogens with zero attached hydrogens (tertiary/aromatic N) is 7. The molecule has 14 nitrogen and oxygen atoms in total. The van der Waals surface area contributed by atoms with Gasteiger partial charge in [-0.15, -0.1) is 5.10 Å². The average molecular weight is 483 g/mol. The molecule has 0 spiro atoms. The summed E-state index contributed by atoms with van der Waals surface area (Å²) >= 11 is 0. The predicted octanol–water partition coefficient (Wildman–Crippen LogP) is 1.34. The number of hydrogen-bond acceptors (Lipinski definition) is 11. The second kappa shape index (κ2) is 10.3. The monoisotopic (exact) mass is 483 g/mol. The van der Waals surface area contributed by atoms with E-state index >= 15 is 0 Å². The molecule has 0 unspecified atom stereocenters. The Bertz CT molecular complexity index is 1230. The molecule has 14 heteroatoms. The van der Waals surface area contributed by atoms with Gasteiger partial charge in [-0.2, -0.15) is 9.78 Å². The number of hydrazone groups is 1. The molecule has 2 amide bonds. The fourth-order valence-corrected chi connectivity index (χ4v) is 3.39. The molecule has 184 valence electrons. The number of aromatic nitrogens is 5. The van der Waals surface area contributed by atoms with Crippen LogP contribution in [0.2, 0.25) is 0 Å². The van der Waals surface area contributed by atoms with Crippen molar-refractivity contribution < 1.29 is 23.7 Å². The highest BCUT2D eigenvalue weighted by atomic mass is 16.6. The Morgan fingerprint density at radius 2 is 1.89 bits per heavy atom. The fourth-order valence-electron chi connectivity index (χ4n) is 3.39. The van der Waals surface area contributed by atoms with Crippen LogP contribution in [0.3, 0.4) is 0 Å².